The van der Waals surface area contributed by atoms with Gasteiger partial charge in [-0.1, -0.05) is 32.4 Å². The van der Waals surface area contributed by atoms with Gasteiger partial charge in [-0.25, -0.2) is 4.79 Å². The Morgan fingerprint density at radius 2 is 1.73 bits per heavy atom. The third-order valence-electron chi connectivity index (χ3n) is 5.63. The summed E-state index contributed by atoms with van der Waals surface area (Å²) in [5.41, 5.74) is -0.0903. The molecule has 3 amide bonds. The quantitative estimate of drug-likeness (QED) is 0.517. The summed E-state index contributed by atoms with van der Waals surface area (Å²) in [5.74, 6) is -0.317. The SMILES string of the molecule is CCCC(C)NC(=O)C(c1ccc(O)cc1)N(C(=O)C(C)NC(=O)OC(C)(C)C)C1CC1C. The highest BCUT2D eigenvalue weighted by Gasteiger charge is 2.47. The first-order valence-electron chi connectivity index (χ1n) is 11.7. The highest BCUT2D eigenvalue weighted by molar-refractivity contribution is 5.92. The Balaban J connectivity index is 2.35. The zero-order chi connectivity index (χ0) is 24.9. The molecular weight excluding hydrogens is 422 g/mol. The van der Waals surface area contributed by atoms with Gasteiger partial charge in [-0.2, -0.15) is 0 Å². The highest BCUT2D eigenvalue weighted by Crippen LogP contribution is 2.41. The number of carbonyl (C=O) groups is 3. The number of hydrogen-bond donors (Lipinski definition) is 3. The molecule has 2 rings (SSSR count). The van der Waals surface area contributed by atoms with E-state index in [-0.39, 0.29) is 35.6 Å². The summed E-state index contributed by atoms with van der Waals surface area (Å²) < 4.78 is 5.29. The Labute approximate surface area is 197 Å². The predicted octanol–water partition coefficient (Wildman–Crippen LogP) is 3.89. The molecule has 0 aromatic heterocycles. The van der Waals surface area contributed by atoms with Gasteiger partial charge in [0.15, 0.2) is 0 Å². The average molecular weight is 462 g/mol. The molecule has 8 nitrogen and oxygen atoms in total. The van der Waals surface area contributed by atoms with Crippen LogP contribution in [0.2, 0.25) is 0 Å². The first-order valence-corrected chi connectivity index (χ1v) is 11.7. The summed E-state index contributed by atoms with van der Waals surface area (Å²) in [4.78, 5) is 40.9. The zero-order valence-corrected chi connectivity index (χ0v) is 20.8. The van der Waals surface area contributed by atoms with Crippen molar-refractivity contribution < 1.29 is 24.2 Å². The van der Waals surface area contributed by atoms with Gasteiger partial charge >= 0.3 is 6.09 Å². The van der Waals surface area contributed by atoms with Crippen molar-refractivity contribution in [3.8, 4) is 5.75 Å². The Morgan fingerprint density at radius 1 is 1.15 bits per heavy atom. The van der Waals surface area contributed by atoms with Crippen LogP contribution in [0.25, 0.3) is 0 Å². The summed E-state index contributed by atoms with van der Waals surface area (Å²) in [6.45, 7) is 12.9. The van der Waals surface area contributed by atoms with E-state index in [1.54, 1.807) is 44.7 Å². The lowest BCUT2D eigenvalue weighted by molar-refractivity contribution is -0.143. The maximum Gasteiger partial charge on any atom is 0.408 e. The number of amides is 3. The second-order valence-electron chi connectivity index (χ2n) is 10.1. The molecule has 0 bridgehead atoms. The molecule has 1 fully saturated rings. The van der Waals surface area contributed by atoms with E-state index in [1.165, 1.54) is 12.1 Å². The molecule has 0 saturated heterocycles. The van der Waals surface area contributed by atoms with Gasteiger partial charge in [0, 0.05) is 12.1 Å². The van der Waals surface area contributed by atoms with Gasteiger partial charge in [-0.3, -0.25) is 9.59 Å². The van der Waals surface area contributed by atoms with Crippen LogP contribution in [0.5, 0.6) is 5.75 Å². The number of alkyl carbamates (subject to hydrolysis) is 1. The Hall–Kier alpha value is -2.77. The van der Waals surface area contributed by atoms with Gasteiger partial charge in [0.2, 0.25) is 11.8 Å². The predicted molar refractivity (Wildman–Crippen MR) is 127 cm³/mol. The number of benzene rings is 1. The number of hydrogen-bond acceptors (Lipinski definition) is 5. The number of aromatic hydroxyl groups is 1. The van der Waals surface area contributed by atoms with Crippen LogP contribution in [0, 0.1) is 5.92 Å². The molecular formula is C25H39N3O5. The standard InChI is InChI=1S/C25H39N3O5/c1-8-9-16(3)26-22(30)21(18-10-12-19(29)13-11-18)28(20-14-15(20)2)23(31)17(4)27-24(32)33-25(5,6)7/h10-13,15-17,20-21,29H,8-9,14H2,1-7H3,(H,26,30)(H,27,32). The molecule has 5 atom stereocenters. The second-order valence-corrected chi connectivity index (χ2v) is 10.1. The van der Waals surface area contributed by atoms with E-state index in [1.807, 2.05) is 20.8 Å². The smallest absolute Gasteiger partial charge is 0.408 e. The average Bonchev–Trinajstić information content (AvgIpc) is 3.40. The number of nitrogens with zero attached hydrogens (tertiary/aromatic N) is 1. The van der Waals surface area contributed by atoms with Gasteiger partial charge in [0.25, 0.3) is 0 Å². The lowest BCUT2D eigenvalue weighted by Crippen LogP contribution is -2.53. The highest BCUT2D eigenvalue weighted by atomic mass is 16.6. The van der Waals surface area contributed by atoms with Crippen LogP contribution in [-0.4, -0.2) is 51.6 Å². The fraction of sp³-hybridized carbons (Fsp3) is 0.640. The van der Waals surface area contributed by atoms with Crippen LogP contribution in [0.1, 0.15) is 79.3 Å². The van der Waals surface area contributed by atoms with Crippen LogP contribution in [0.3, 0.4) is 0 Å². The van der Waals surface area contributed by atoms with E-state index in [0.29, 0.717) is 5.56 Å². The number of nitrogens with one attached hydrogen (secondary N) is 2. The molecule has 3 N–H and O–H groups in total. The number of ether oxygens (including phenoxy) is 1. The molecule has 33 heavy (non-hydrogen) atoms. The van der Waals surface area contributed by atoms with Crippen molar-refractivity contribution in [1.82, 2.24) is 15.5 Å². The summed E-state index contributed by atoms with van der Waals surface area (Å²) in [6, 6.07) is 4.40. The maximum atomic E-state index is 13.6. The fourth-order valence-corrected chi connectivity index (χ4v) is 3.86. The molecule has 8 heteroatoms. The molecule has 1 aliphatic rings. The van der Waals surface area contributed by atoms with Crippen LogP contribution < -0.4 is 10.6 Å². The topological polar surface area (TPSA) is 108 Å². The first kappa shape index (κ1) is 26.5. The summed E-state index contributed by atoms with van der Waals surface area (Å²) in [6.07, 6.45) is 1.83. The van der Waals surface area contributed by atoms with Crippen molar-refractivity contribution in [1.29, 1.82) is 0 Å². The summed E-state index contributed by atoms with van der Waals surface area (Å²) in [7, 11) is 0. The molecule has 0 heterocycles. The Kier molecular flexibility index (Phi) is 8.75. The van der Waals surface area contributed by atoms with E-state index in [9.17, 15) is 19.5 Å². The van der Waals surface area contributed by atoms with Gasteiger partial charge in [0.05, 0.1) is 0 Å². The van der Waals surface area contributed by atoms with Crippen molar-refractivity contribution in [2.75, 3.05) is 0 Å². The van der Waals surface area contributed by atoms with E-state index in [2.05, 4.69) is 10.6 Å². The third kappa shape index (κ3) is 7.65. The van der Waals surface area contributed by atoms with E-state index >= 15 is 0 Å². The normalized spacial score (nSPS) is 20.2. The summed E-state index contributed by atoms with van der Waals surface area (Å²) in [5, 5.41) is 15.4. The molecule has 1 aliphatic carbocycles. The minimum absolute atomic E-state index is 0.0481. The minimum Gasteiger partial charge on any atom is -0.508 e. The number of phenols is 1. The van der Waals surface area contributed by atoms with E-state index in [0.717, 1.165) is 19.3 Å². The lowest BCUT2D eigenvalue weighted by atomic mass is 10.0. The van der Waals surface area contributed by atoms with Crippen LogP contribution in [-0.2, 0) is 14.3 Å². The molecule has 0 aliphatic heterocycles. The molecule has 184 valence electrons. The Morgan fingerprint density at radius 3 is 2.21 bits per heavy atom. The summed E-state index contributed by atoms with van der Waals surface area (Å²) >= 11 is 0. The van der Waals surface area contributed by atoms with Gasteiger partial charge in [0.1, 0.15) is 23.4 Å². The van der Waals surface area contributed by atoms with E-state index < -0.39 is 23.8 Å². The van der Waals surface area contributed by atoms with Crippen molar-refractivity contribution in [3.05, 3.63) is 29.8 Å². The van der Waals surface area contributed by atoms with Gasteiger partial charge in [-0.15, -0.1) is 0 Å². The van der Waals surface area contributed by atoms with Crippen LogP contribution in [0.4, 0.5) is 4.79 Å². The maximum absolute atomic E-state index is 13.6. The van der Waals surface area contributed by atoms with Crippen molar-refractivity contribution in [2.24, 2.45) is 5.92 Å². The van der Waals surface area contributed by atoms with Crippen LogP contribution in [0.15, 0.2) is 24.3 Å². The van der Waals surface area contributed by atoms with Crippen molar-refractivity contribution in [2.45, 2.75) is 97.5 Å². The minimum atomic E-state index is -0.881. The zero-order valence-electron chi connectivity index (χ0n) is 20.8. The second kappa shape index (κ2) is 10.9. The van der Waals surface area contributed by atoms with Gasteiger partial charge < -0.3 is 25.4 Å². The third-order valence-corrected chi connectivity index (χ3v) is 5.63. The largest absolute Gasteiger partial charge is 0.508 e. The molecule has 0 spiro atoms. The number of carbonyl (C=O) groups excluding carboxylic acids is 3. The van der Waals surface area contributed by atoms with Crippen LogP contribution >= 0.6 is 0 Å². The lowest BCUT2D eigenvalue weighted by Gasteiger charge is -2.34. The molecule has 1 saturated carbocycles. The molecule has 5 unspecified atom stereocenters. The van der Waals surface area contributed by atoms with Crippen molar-refractivity contribution in [3.63, 3.8) is 0 Å². The number of rotatable bonds is 9. The first-order chi connectivity index (χ1) is 15.3. The monoisotopic (exact) mass is 461 g/mol. The Bertz CT molecular complexity index is 833. The molecule has 1 aromatic rings. The van der Waals surface area contributed by atoms with E-state index in [4.69, 9.17) is 4.74 Å². The molecule has 0 radical (unpaired) electrons. The molecule has 1 aromatic carbocycles. The van der Waals surface area contributed by atoms with Gasteiger partial charge in [-0.05, 0) is 71.1 Å². The fourth-order valence-electron chi connectivity index (χ4n) is 3.86. The van der Waals surface area contributed by atoms with Crippen molar-refractivity contribution >= 4 is 17.9 Å². The number of phenolic OH excluding ortho intramolecular Hbond substituents is 1.